The fourth-order valence-corrected chi connectivity index (χ4v) is 3.85. The molecule has 1 aliphatic rings. The van der Waals surface area contributed by atoms with E-state index in [1.54, 1.807) is 0 Å². The molecule has 1 heterocycles. The van der Waals surface area contributed by atoms with E-state index in [0.29, 0.717) is 12.8 Å². The van der Waals surface area contributed by atoms with E-state index in [0.717, 1.165) is 29.4 Å². The maximum absolute atomic E-state index is 11.3. The predicted octanol–water partition coefficient (Wildman–Crippen LogP) is 4.29. The Bertz CT molecular complexity index is 753. The number of carboxylic acid groups (broad SMARTS) is 1. The molecule has 1 saturated heterocycles. The molecule has 0 radical (unpaired) electrons. The van der Waals surface area contributed by atoms with Crippen molar-refractivity contribution in [1.29, 1.82) is 0 Å². The van der Waals surface area contributed by atoms with Gasteiger partial charge in [0, 0.05) is 24.8 Å². The second-order valence-corrected chi connectivity index (χ2v) is 7.53. The molecule has 0 aromatic heterocycles. The molecule has 1 aliphatic heterocycles. The molecule has 138 valence electrons. The molecule has 4 nitrogen and oxygen atoms in total. The average molecular weight is 373 g/mol. The summed E-state index contributed by atoms with van der Waals surface area (Å²) in [5.41, 5.74) is 3.50. The highest BCUT2D eigenvalue weighted by molar-refractivity contribution is 6.30. The maximum atomic E-state index is 11.3. The summed E-state index contributed by atoms with van der Waals surface area (Å²) >= 11 is 6.24. The lowest BCUT2D eigenvalue weighted by atomic mass is 9.91. The molecule has 26 heavy (non-hydrogen) atoms. The van der Waals surface area contributed by atoms with E-state index in [2.05, 4.69) is 40.1 Å². The van der Waals surface area contributed by atoms with Crippen molar-refractivity contribution in [3.8, 4) is 0 Å². The number of hydrogen-bond acceptors (Lipinski definition) is 3. The van der Waals surface area contributed by atoms with Crippen LogP contribution < -0.4 is 4.90 Å². The van der Waals surface area contributed by atoms with E-state index in [4.69, 9.17) is 11.6 Å². The van der Waals surface area contributed by atoms with Gasteiger partial charge in [0.05, 0.1) is 12.0 Å². The first-order valence-corrected chi connectivity index (χ1v) is 9.33. The molecular formula is C21H25ClN2O2. The number of aliphatic carboxylic acids is 1. The highest BCUT2D eigenvalue weighted by Crippen LogP contribution is 2.34. The summed E-state index contributed by atoms with van der Waals surface area (Å²) in [5, 5.41) is 10.00. The Kier molecular flexibility index (Phi) is 5.84. The lowest BCUT2D eigenvalue weighted by molar-refractivity contribution is -0.143. The molecule has 1 atom stereocenters. The van der Waals surface area contributed by atoms with Gasteiger partial charge in [-0.2, -0.15) is 0 Å². The Morgan fingerprint density at radius 1 is 1.12 bits per heavy atom. The fourth-order valence-electron chi connectivity index (χ4n) is 3.65. The summed E-state index contributed by atoms with van der Waals surface area (Å²) in [5.74, 6) is -0.915. The van der Waals surface area contributed by atoms with Crippen molar-refractivity contribution >= 4 is 23.3 Å². The third-order valence-electron chi connectivity index (χ3n) is 5.13. The Morgan fingerprint density at radius 3 is 2.31 bits per heavy atom. The summed E-state index contributed by atoms with van der Waals surface area (Å²) in [6.07, 6.45) is 1.37. The van der Waals surface area contributed by atoms with E-state index < -0.39 is 5.97 Å². The van der Waals surface area contributed by atoms with Gasteiger partial charge in [0.25, 0.3) is 0 Å². The Morgan fingerprint density at radius 2 is 1.77 bits per heavy atom. The minimum atomic E-state index is -0.681. The Labute approximate surface area is 160 Å². The molecule has 1 unspecified atom stereocenters. The molecule has 1 fully saturated rings. The molecular weight excluding hydrogens is 348 g/mol. The first kappa shape index (κ1) is 18.7. The van der Waals surface area contributed by atoms with Crippen molar-refractivity contribution in [2.24, 2.45) is 5.92 Å². The monoisotopic (exact) mass is 372 g/mol. The van der Waals surface area contributed by atoms with Crippen molar-refractivity contribution in [3.05, 3.63) is 64.7 Å². The van der Waals surface area contributed by atoms with Crippen LogP contribution in [0.1, 0.15) is 30.0 Å². The number of carbonyl (C=O) groups is 1. The molecule has 0 saturated carbocycles. The normalized spacial score (nSPS) is 17.0. The van der Waals surface area contributed by atoms with Crippen molar-refractivity contribution in [3.63, 3.8) is 0 Å². The Balaban J connectivity index is 1.91. The van der Waals surface area contributed by atoms with Gasteiger partial charge in [0.2, 0.25) is 0 Å². The lowest BCUT2D eigenvalue weighted by Crippen LogP contribution is -2.39. The van der Waals surface area contributed by atoms with Crippen LogP contribution in [0.2, 0.25) is 5.02 Å². The smallest absolute Gasteiger partial charge is 0.306 e. The topological polar surface area (TPSA) is 43.8 Å². The summed E-state index contributed by atoms with van der Waals surface area (Å²) in [6.45, 7) is 1.53. The third kappa shape index (κ3) is 4.19. The van der Waals surface area contributed by atoms with Crippen molar-refractivity contribution in [2.45, 2.75) is 18.9 Å². The molecule has 5 heteroatoms. The van der Waals surface area contributed by atoms with E-state index >= 15 is 0 Å². The van der Waals surface area contributed by atoms with Gasteiger partial charge in [0.15, 0.2) is 0 Å². The fraction of sp³-hybridized carbons (Fsp3) is 0.381. The van der Waals surface area contributed by atoms with E-state index in [1.165, 1.54) is 5.56 Å². The highest BCUT2D eigenvalue weighted by Gasteiger charge is 2.30. The van der Waals surface area contributed by atoms with E-state index in [9.17, 15) is 9.90 Å². The SMILES string of the molecule is CN(C)c1ccc(C(c2cccc(Cl)c2)N2CCC(C(=O)O)CC2)cc1. The zero-order valence-electron chi connectivity index (χ0n) is 15.2. The molecule has 2 aromatic carbocycles. The summed E-state index contributed by atoms with van der Waals surface area (Å²) in [4.78, 5) is 15.7. The number of halogens is 1. The first-order valence-electron chi connectivity index (χ1n) is 8.95. The maximum Gasteiger partial charge on any atom is 0.306 e. The molecule has 3 rings (SSSR count). The number of nitrogens with zero attached hydrogens (tertiary/aromatic N) is 2. The van der Waals surface area contributed by atoms with E-state index in [-0.39, 0.29) is 12.0 Å². The van der Waals surface area contributed by atoms with Crippen LogP contribution in [0, 0.1) is 5.92 Å². The first-order chi connectivity index (χ1) is 12.5. The van der Waals surface area contributed by atoms with Crippen LogP contribution in [0.5, 0.6) is 0 Å². The number of hydrogen-bond donors (Lipinski definition) is 1. The van der Waals surface area contributed by atoms with Gasteiger partial charge in [-0.1, -0.05) is 35.9 Å². The summed E-state index contributed by atoms with van der Waals surface area (Å²) in [6, 6.07) is 16.6. The predicted molar refractivity (Wildman–Crippen MR) is 106 cm³/mol. The minimum Gasteiger partial charge on any atom is -0.481 e. The van der Waals surface area contributed by atoms with Gasteiger partial charge >= 0.3 is 5.97 Å². The number of rotatable bonds is 5. The lowest BCUT2D eigenvalue weighted by Gasteiger charge is -2.37. The second-order valence-electron chi connectivity index (χ2n) is 7.09. The number of piperidine rings is 1. The highest BCUT2D eigenvalue weighted by atomic mass is 35.5. The minimum absolute atomic E-state index is 0.0830. The van der Waals surface area contributed by atoms with Crippen molar-refractivity contribution in [1.82, 2.24) is 4.90 Å². The summed E-state index contributed by atoms with van der Waals surface area (Å²) < 4.78 is 0. The van der Waals surface area contributed by atoms with Gasteiger partial charge in [-0.25, -0.2) is 0 Å². The van der Waals surface area contributed by atoms with Crippen molar-refractivity contribution in [2.75, 3.05) is 32.1 Å². The van der Waals surface area contributed by atoms with Gasteiger partial charge < -0.3 is 10.0 Å². The van der Waals surface area contributed by atoms with Crippen LogP contribution in [0.3, 0.4) is 0 Å². The standard InChI is InChI=1S/C21H25ClN2O2/c1-23(2)19-8-6-15(7-9-19)20(17-4-3-5-18(22)14-17)24-12-10-16(11-13-24)21(25)26/h3-9,14,16,20H,10-13H2,1-2H3,(H,25,26). The number of likely N-dealkylation sites (tertiary alicyclic amines) is 1. The van der Waals surface area contributed by atoms with Gasteiger partial charge in [-0.3, -0.25) is 9.69 Å². The second kappa shape index (κ2) is 8.11. The Hall–Kier alpha value is -2.04. The van der Waals surface area contributed by atoms with Crippen LogP contribution >= 0.6 is 11.6 Å². The van der Waals surface area contributed by atoms with E-state index in [1.807, 2.05) is 32.3 Å². The molecule has 2 aromatic rings. The largest absolute Gasteiger partial charge is 0.481 e. The molecule has 0 aliphatic carbocycles. The molecule has 0 spiro atoms. The number of carboxylic acids is 1. The zero-order valence-corrected chi connectivity index (χ0v) is 16.0. The van der Waals surface area contributed by atoms with Crippen LogP contribution in [0.4, 0.5) is 5.69 Å². The van der Waals surface area contributed by atoms with Crippen molar-refractivity contribution < 1.29 is 9.90 Å². The van der Waals surface area contributed by atoms with Crippen LogP contribution in [0.25, 0.3) is 0 Å². The zero-order chi connectivity index (χ0) is 18.7. The van der Waals surface area contributed by atoms with Gasteiger partial charge in [-0.15, -0.1) is 0 Å². The van der Waals surface area contributed by atoms with Crippen LogP contribution in [0.15, 0.2) is 48.5 Å². The molecule has 0 bridgehead atoms. The average Bonchev–Trinajstić information content (AvgIpc) is 2.63. The van der Waals surface area contributed by atoms with Gasteiger partial charge in [0.1, 0.15) is 0 Å². The third-order valence-corrected chi connectivity index (χ3v) is 5.37. The van der Waals surface area contributed by atoms with Crippen LogP contribution in [-0.4, -0.2) is 43.2 Å². The van der Waals surface area contributed by atoms with Crippen LogP contribution in [-0.2, 0) is 4.79 Å². The quantitative estimate of drug-likeness (QED) is 0.850. The molecule has 0 amide bonds. The number of benzene rings is 2. The molecule has 1 N–H and O–H groups in total. The number of anilines is 1. The van der Waals surface area contributed by atoms with Gasteiger partial charge in [-0.05, 0) is 61.3 Å². The summed E-state index contributed by atoms with van der Waals surface area (Å²) in [7, 11) is 4.06.